The molecule has 0 aliphatic carbocycles. The first-order chi connectivity index (χ1) is 16.9. The van der Waals surface area contributed by atoms with Crippen molar-refractivity contribution in [3.05, 3.63) is 76.3 Å². The Bertz CT molecular complexity index is 1340. The van der Waals surface area contributed by atoms with E-state index in [2.05, 4.69) is 4.98 Å². The molecule has 0 spiro atoms. The van der Waals surface area contributed by atoms with Gasteiger partial charge in [0.2, 0.25) is 0 Å². The summed E-state index contributed by atoms with van der Waals surface area (Å²) in [7, 11) is -4.60. The van der Waals surface area contributed by atoms with E-state index in [0.29, 0.717) is 30.1 Å². The number of methoxy groups -OCH3 is 1. The summed E-state index contributed by atoms with van der Waals surface area (Å²) in [6.45, 7) is 0.0220. The molecule has 0 saturated heterocycles. The Morgan fingerprint density at radius 3 is 2.39 bits per heavy atom. The van der Waals surface area contributed by atoms with Gasteiger partial charge in [0.25, 0.3) is 5.91 Å². The van der Waals surface area contributed by atoms with Gasteiger partial charge in [-0.3, -0.25) is 4.79 Å². The number of benzene rings is 2. The monoisotopic (exact) mass is 546 g/mol. The van der Waals surface area contributed by atoms with Crippen molar-refractivity contribution in [1.29, 1.82) is 0 Å². The predicted molar refractivity (Wildman–Crippen MR) is 127 cm³/mol. The van der Waals surface area contributed by atoms with Gasteiger partial charge in [-0.25, -0.2) is 4.98 Å². The highest BCUT2D eigenvalue weighted by Crippen LogP contribution is 2.33. The van der Waals surface area contributed by atoms with Crippen LogP contribution in [0.2, 0.25) is 5.15 Å². The SMILES string of the molecule is COCCc1nc(Cl)c(CO)n1Cc1ccc(N(C(=O)c2ccccc2N)S(=O)(=O)C(F)(F)F)cc1. The maximum absolute atomic E-state index is 13.5. The number of aliphatic hydroxyl groups excluding tert-OH is 1. The van der Waals surface area contributed by atoms with E-state index in [1.54, 1.807) is 4.57 Å². The summed E-state index contributed by atoms with van der Waals surface area (Å²) in [5, 5.41) is 9.78. The number of imidazole rings is 1. The van der Waals surface area contributed by atoms with E-state index in [1.165, 1.54) is 37.4 Å². The normalized spacial score (nSPS) is 12.1. The summed E-state index contributed by atoms with van der Waals surface area (Å²) in [4.78, 5) is 17.2. The number of halogens is 4. The Morgan fingerprint density at radius 1 is 1.19 bits per heavy atom. The van der Waals surface area contributed by atoms with Crippen LogP contribution in [0.4, 0.5) is 24.5 Å². The standard InChI is InChI=1S/C22H22ClF3N4O5S/c1-35-11-10-19-28-20(23)18(13-31)29(19)12-14-6-8-15(9-7-14)30(36(33,34)22(24,25)26)21(32)16-4-2-3-5-17(16)27/h2-9,31H,10-13,27H2,1H3. The fraction of sp³-hybridized carbons (Fsp3) is 0.273. The van der Waals surface area contributed by atoms with Gasteiger partial charge in [0.1, 0.15) is 5.82 Å². The molecule has 14 heteroatoms. The summed E-state index contributed by atoms with van der Waals surface area (Å²) in [6, 6.07) is 10.0. The van der Waals surface area contributed by atoms with Gasteiger partial charge < -0.3 is 20.1 Å². The Balaban J connectivity index is 2.02. The van der Waals surface area contributed by atoms with E-state index in [-0.39, 0.29) is 21.7 Å². The van der Waals surface area contributed by atoms with Gasteiger partial charge in [0, 0.05) is 25.8 Å². The van der Waals surface area contributed by atoms with Crippen LogP contribution >= 0.6 is 11.6 Å². The van der Waals surface area contributed by atoms with E-state index in [4.69, 9.17) is 22.1 Å². The van der Waals surface area contributed by atoms with Gasteiger partial charge in [-0.2, -0.15) is 25.9 Å². The Kier molecular flexibility index (Phi) is 8.29. The van der Waals surface area contributed by atoms with Crippen molar-refractivity contribution in [2.75, 3.05) is 23.8 Å². The highest BCUT2D eigenvalue weighted by Gasteiger charge is 2.52. The number of rotatable bonds is 9. The lowest BCUT2D eigenvalue weighted by molar-refractivity contribution is -0.0437. The number of carbonyl (C=O) groups excluding carboxylic acids is 1. The topological polar surface area (TPSA) is 128 Å². The van der Waals surface area contributed by atoms with Crippen molar-refractivity contribution in [3.8, 4) is 0 Å². The van der Waals surface area contributed by atoms with Gasteiger partial charge in [-0.1, -0.05) is 35.9 Å². The van der Waals surface area contributed by atoms with E-state index in [1.807, 2.05) is 0 Å². The number of carbonyl (C=O) groups is 1. The third-order valence-corrected chi connectivity index (χ3v) is 6.95. The zero-order valence-electron chi connectivity index (χ0n) is 18.9. The zero-order chi connectivity index (χ0) is 26.7. The molecule has 36 heavy (non-hydrogen) atoms. The highest BCUT2D eigenvalue weighted by molar-refractivity contribution is 7.94. The predicted octanol–water partition coefficient (Wildman–Crippen LogP) is 3.34. The maximum Gasteiger partial charge on any atom is 0.517 e. The molecular formula is C22H22ClF3N4O5S. The Morgan fingerprint density at radius 2 is 1.83 bits per heavy atom. The minimum Gasteiger partial charge on any atom is -0.398 e. The van der Waals surface area contributed by atoms with Gasteiger partial charge in [-0.15, -0.1) is 0 Å². The zero-order valence-corrected chi connectivity index (χ0v) is 20.4. The van der Waals surface area contributed by atoms with Crippen LogP contribution in [0.25, 0.3) is 0 Å². The van der Waals surface area contributed by atoms with Crippen LogP contribution < -0.4 is 10.0 Å². The quantitative estimate of drug-likeness (QED) is 0.394. The second-order valence-electron chi connectivity index (χ2n) is 7.53. The van der Waals surface area contributed by atoms with E-state index in [0.717, 1.165) is 18.2 Å². The Labute approximate surface area is 209 Å². The number of alkyl halides is 3. The Hall–Kier alpha value is -3.13. The van der Waals surface area contributed by atoms with E-state index < -0.39 is 39.3 Å². The number of nitrogens with zero attached hydrogens (tertiary/aromatic N) is 3. The molecule has 0 bridgehead atoms. The van der Waals surface area contributed by atoms with Crippen LogP contribution in [0.3, 0.4) is 0 Å². The summed E-state index contributed by atoms with van der Waals surface area (Å²) < 4.78 is 71.5. The fourth-order valence-electron chi connectivity index (χ4n) is 3.42. The van der Waals surface area contributed by atoms with Crippen LogP contribution in [0.5, 0.6) is 0 Å². The number of para-hydroxylation sites is 1. The molecule has 1 amide bonds. The number of aliphatic hydroxyl groups is 1. The largest absolute Gasteiger partial charge is 0.517 e. The number of anilines is 2. The first kappa shape index (κ1) is 27.5. The lowest BCUT2D eigenvalue weighted by Crippen LogP contribution is -2.44. The molecule has 0 fully saturated rings. The molecule has 0 aliphatic heterocycles. The number of amides is 1. The average molecular weight is 547 g/mol. The van der Waals surface area contributed by atoms with Crippen molar-refractivity contribution < 1.29 is 36.2 Å². The maximum atomic E-state index is 13.5. The fourth-order valence-corrected chi connectivity index (χ4v) is 4.60. The van der Waals surface area contributed by atoms with Crippen molar-refractivity contribution in [2.24, 2.45) is 0 Å². The van der Waals surface area contributed by atoms with Gasteiger partial charge in [0.15, 0.2) is 5.15 Å². The van der Waals surface area contributed by atoms with Crippen molar-refractivity contribution >= 4 is 38.9 Å². The van der Waals surface area contributed by atoms with Crippen LogP contribution in [-0.4, -0.2) is 48.2 Å². The second-order valence-corrected chi connectivity index (χ2v) is 9.66. The third-order valence-electron chi connectivity index (χ3n) is 5.20. The first-order valence-electron chi connectivity index (χ1n) is 10.3. The molecule has 3 rings (SSSR count). The molecule has 1 aromatic heterocycles. The van der Waals surface area contributed by atoms with E-state index in [9.17, 15) is 31.5 Å². The average Bonchev–Trinajstić information content (AvgIpc) is 3.11. The van der Waals surface area contributed by atoms with Crippen molar-refractivity contribution in [3.63, 3.8) is 0 Å². The van der Waals surface area contributed by atoms with E-state index >= 15 is 0 Å². The molecule has 194 valence electrons. The lowest BCUT2D eigenvalue weighted by Gasteiger charge is -2.24. The van der Waals surface area contributed by atoms with Crippen LogP contribution in [0, 0.1) is 0 Å². The molecule has 3 N–H and O–H groups in total. The van der Waals surface area contributed by atoms with Gasteiger partial charge in [0.05, 0.1) is 30.2 Å². The molecule has 0 aliphatic rings. The minimum atomic E-state index is -6.10. The van der Waals surface area contributed by atoms with Crippen LogP contribution in [0.15, 0.2) is 48.5 Å². The highest BCUT2D eigenvalue weighted by atomic mass is 35.5. The summed E-state index contributed by atoms with van der Waals surface area (Å²) in [6.07, 6.45) is 0.374. The summed E-state index contributed by atoms with van der Waals surface area (Å²) >= 11 is 6.10. The molecule has 2 aromatic carbocycles. The van der Waals surface area contributed by atoms with Crippen LogP contribution in [-0.2, 0) is 34.3 Å². The first-order valence-corrected chi connectivity index (χ1v) is 12.2. The molecule has 0 radical (unpaired) electrons. The number of nitrogens with two attached hydrogens (primary N) is 1. The molecule has 1 heterocycles. The molecule has 0 saturated carbocycles. The second kappa shape index (κ2) is 10.9. The molecule has 3 aromatic rings. The number of hydrogen-bond donors (Lipinski definition) is 2. The smallest absolute Gasteiger partial charge is 0.398 e. The van der Waals surface area contributed by atoms with Gasteiger partial charge >= 0.3 is 15.5 Å². The van der Waals surface area contributed by atoms with Gasteiger partial charge in [-0.05, 0) is 29.8 Å². The molecule has 0 atom stereocenters. The molecule has 9 nitrogen and oxygen atoms in total. The minimum absolute atomic E-state index is 0.0914. The molecule has 0 unspecified atom stereocenters. The number of hydrogen-bond acceptors (Lipinski definition) is 7. The van der Waals surface area contributed by atoms with Crippen molar-refractivity contribution in [2.45, 2.75) is 25.1 Å². The number of ether oxygens (including phenoxy) is 1. The summed E-state index contributed by atoms with van der Waals surface area (Å²) in [5.41, 5.74) is -0.326. The number of aromatic nitrogens is 2. The summed E-state index contributed by atoms with van der Waals surface area (Å²) in [5.74, 6) is -0.949. The molecular weight excluding hydrogens is 525 g/mol. The van der Waals surface area contributed by atoms with Crippen LogP contribution in [0.1, 0.15) is 27.4 Å². The number of sulfonamides is 1. The lowest BCUT2D eigenvalue weighted by atomic mass is 10.1. The third kappa shape index (κ3) is 5.48. The number of nitrogen functional groups attached to an aromatic ring is 1. The van der Waals surface area contributed by atoms with Crippen molar-refractivity contribution in [1.82, 2.24) is 9.55 Å².